The lowest BCUT2D eigenvalue weighted by Gasteiger charge is -2.22. The quantitative estimate of drug-likeness (QED) is 0.855. The van der Waals surface area contributed by atoms with Crippen molar-refractivity contribution >= 4 is 17.3 Å². The van der Waals surface area contributed by atoms with E-state index in [0.717, 1.165) is 11.4 Å². The number of ether oxygens (including phenoxy) is 2. The average Bonchev–Trinajstić information content (AvgIpc) is 2.47. The van der Waals surface area contributed by atoms with Crippen molar-refractivity contribution in [2.24, 2.45) is 0 Å². The largest absolute Gasteiger partial charge is 0.497 e. The molecule has 0 saturated carbocycles. The molecule has 0 atom stereocenters. The summed E-state index contributed by atoms with van der Waals surface area (Å²) in [5.41, 5.74) is 1.51. The first-order valence-corrected chi connectivity index (χ1v) is 6.24. The van der Waals surface area contributed by atoms with E-state index in [1.807, 2.05) is 48.5 Å². The second kappa shape index (κ2) is 6.10. The van der Waals surface area contributed by atoms with E-state index in [2.05, 4.69) is 0 Å². The smallest absolute Gasteiger partial charge is 0.228 e. The fraction of sp³-hybridized carbons (Fsp3) is 0.188. The third kappa shape index (κ3) is 2.91. The molecular weight excluding hydrogens is 254 g/mol. The van der Waals surface area contributed by atoms with Crippen LogP contribution in [-0.4, -0.2) is 20.1 Å². The van der Waals surface area contributed by atoms with E-state index < -0.39 is 0 Å². The SMILES string of the molecule is COc1cccc(N(C(C)=O)c2cccc(OC)c2)c1. The van der Waals surface area contributed by atoms with Gasteiger partial charge in [-0.2, -0.15) is 0 Å². The third-order valence-electron chi connectivity index (χ3n) is 2.94. The van der Waals surface area contributed by atoms with Gasteiger partial charge in [0.25, 0.3) is 0 Å². The number of carbonyl (C=O) groups excluding carboxylic acids is 1. The van der Waals surface area contributed by atoms with Gasteiger partial charge < -0.3 is 9.47 Å². The second-order valence-electron chi connectivity index (χ2n) is 4.26. The van der Waals surface area contributed by atoms with E-state index in [1.165, 1.54) is 6.92 Å². The van der Waals surface area contributed by atoms with Gasteiger partial charge in [0.15, 0.2) is 0 Å². The zero-order valence-electron chi connectivity index (χ0n) is 11.8. The standard InChI is InChI=1S/C16H17NO3/c1-12(18)17(13-6-4-8-15(10-13)19-2)14-7-5-9-16(11-14)20-3/h4-11H,1-3H3. The monoisotopic (exact) mass is 271 g/mol. The zero-order chi connectivity index (χ0) is 14.5. The lowest BCUT2D eigenvalue weighted by molar-refractivity contribution is -0.115. The maximum absolute atomic E-state index is 12.0. The number of amides is 1. The number of hydrogen-bond donors (Lipinski definition) is 0. The van der Waals surface area contributed by atoms with Crippen molar-refractivity contribution in [2.45, 2.75) is 6.92 Å². The molecule has 0 aliphatic rings. The molecule has 0 N–H and O–H groups in total. The van der Waals surface area contributed by atoms with Crippen LogP contribution in [0.15, 0.2) is 48.5 Å². The molecule has 20 heavy (non-hydrogen) atoms. The van der Waals surface area contributed by atoms with E-state index in [1.54, 1.807) is 19.1 Å². The number of hydrogen-bond acceptors (Lipinski definition) is 3. The molecule has 4 heteroatoms. The average molecular weight is 271 g/mol. The van der Waals surface area contributed by atoms with Gasteiger partial charge in [-0.05, 0) is 24.3 Å². The molecule has 2 rings (SSSR count). The Bertz CT molecular complexity index is 563. The van der Waals surface area contributed by atoms with Crippen molar-refractivity contribution in [3.8, 4) is 11.5 Å². The van der Waals surface area contributed by atoms with Gasteiger partial charge in [0.1, 0.15) is 11.5 Å². The molecule has 0 fully saturated rings. The van der Waals surface area contributed by atoms with Gasteiger partial charge in [0.2, 0.25) is 5.91 Å². The summed E-state index contributed by atoms with van der Waals surface area (Å²) in [4.78, 5) is 13.6. The van der Waals surface area contributed by atoms with E-state index >= 15 is 0 Å². The number of methoxy groups -OCH3 is 2. The molecule has 0 bridgehead atoms. The van der Waals surface area contributed by atoms with Crippen molar-refractivity contribution in [3.63, 3.8) is 0 Å². The Morgan fingerprint density at radius 1 is 0.900 bits per heavy atom. The van der Waals surface area contributed by atoms with E-state index in [9.17, 15) is 4.79 Å². The number of nitrogens with zero attached hydrogens (tertiary/aromatic N) is 1. The van der Waals surface area contributed by atoms with Crippen LogP contribution in [0.2, 0.25) is 0 Å². The van der Waals surface area contributed by atoms with Gasteiger partial charge in [0, 0.05) is 19.1 Å². The van der Waals surface area contributed by atoms with Gasteiger partial charge in [0.05, 0.1) is 25.6 Å². The molecular formula is C16H17NO3. The molecule has 4 nitrogen and oxygen atoms in total. The lowest BCUT2D eigenvalue weighted by Crippen LogP contribution is -2.22. The maximum atomic E-state index is 12.0. The first-order chi connectivity index (χ1) is 9.65. The number of rotatable bonds is 4. The first-order valence-electron chi connectivity index (χ1n) is 6.24. The summed E-state index contributed by atoms with van der Waals surface area (Å²) in [5.74, 6) is 1.33. The molecule has 0 heterocycles. The van der Waals surface area contributed by atoms with Crippen molar-refractivity contribution in [2.75, 3.05) is 19.1 Å². The Labute approximate surface area is 118 Å². The molecule has 104 valence electrons. The van der Waals surface area contributed by atoms with Crippen LogP contribution >= 0.6 is 0 Å². The fourth-order valence-electron chi connectivity index (χ4n) is 2.01. The molecule has 0 spiro atoms. The van der Waals surface area contributed by atoms with E-state index in [-0.39, 0.29) is 5.91 Å². The van der Waals surface area contributed by atoms with Crippen LogP contribution < -0.4 is 14.4 Å². The van der Waals surface area contributed by atoms with Crippen molar-refractivity contribution < 1.29 is 14.3 Å². The highest BCUT2D eigenvalue weighted by Gasteiger charge is 2.15. The highest BCUT2D eigenvalue weighted by molar-refractivity contribution is 5.99. The minimum atomic E-state index is -0.0773. The zero-order valence-corrected chi connectivity index (χ0v) is 11.8. The Hall–Kier alpha value is -2.49. The normalized spacial score (nSPS) is 9.95. The van der Waals surface area contributed by atoms with Gasteiger partial charge >= 0.3 is 0 Å². The molecule has 0 aromatic heterocycles. The summed E-state index contributed by atoms with van der Waals surface area (Å²) < 4.78 is 10.4. The molecule has 0 aliphatic carbocycles. The van der Waals surface area contributed by atoms with Crippen LogP contribution in [0.3, 0.4) is 0 Å². The van der Waals surface area contributed by atoms with Crippen LogP contribution in [0.4, 0.5) is 11.4 Å². The maximum Gasteiger partial charge on any atom is 0.228 e. The number of carbonyl (C=O) groups is 1. The highest BCUT2D eigenvalue weighted by Crippen LogP contribution is 2.30. The van der Waals surface area contributed by atoms with Crippen LogP contribution in [0.5, 0.6) is 11.5 Å². The van der Waals surface area contributed by atoms with Gasteiger partial charge in [-0.3, -0.25) is 9.69 Å². The van der Waals surface area contributed by atoms with Crippen LogP contribution in [0, 0.1) is 0 Å². The van der Waals surface area contributed by atoms with E-state index in [4.69, 9.17) is 9.47 Å². The first kappa shape index (κ1) is 13.9. The predicted molar refractivity (Wildman–Crippen MR) is 78.8 cm³/mol. The molecule has 1 amide bonds. The molecule has 2 aromatic rings. The van der Waals surface area contributed by atoms with Crippen molar-refractivity contribution in [1.29, 1.82) is 0 Å². The van der Waals surface area contributed by atoms with Crippen LogP contribution in [0.25, 0.3) is 0 Å². The fourth-order valence-corrected chi connectivity index (χ4v) is 2.01. The third-order valence-corrected chi connectivity index (χ3v) is 2.94. The van der Waals surface area contributed by atoms with Crippen LogP contribution in [-0.2, 0) is 4.79 Å². The predicted octanol–water partition coefficient (Wildman–Crippen LogP) is 3.39. The van der Waals surface area contributed by atoms with E-state index in [0.29, 0.717) is 11.5 Å². The summed E-state index contributed by atoms with van der Waals surface area (Å²) in [5, 5.41) is 0. The van der Waals surface area contributed by atoms with Gasteiger partial charge in [-0.1, -0.05) is 12.1 Å². The Morgan fingerprint density at radius 2 is 1.35 bits per heavy atom. The summed E-state index contributed by atoms with van der Waals surface area (Å²) in [6, 6.07) is 14.8. The molecule has 0 radical (unpaired) electrons. The topological polar surface area (TPSA) is 38.8 Å². The molecule has 0 saturated heterocycles. The summed E-state index contributed by atoms with van der Waals surface area (Å²) in [6.07, 6.45) is 0. The molecule has 0 aliphatic heterocycles. The van der Waals surface area contributed by atoms with Crippen LogP contribution in [0.1, 0.15) is 6.92 Å². The van der Waals surface area contributed by atoms with Gasteiger partial charge in [-0.25, -0.2) is 0 Å². The Balaban J connectivity index is 2.47. The van der Waals surface area contributed by atoms with Gasteiger partial charge in [-0.15, -0.1) is 0 Å². The summed E-state index contributed by atoms with van der Waals surface area (Å²) >= 11 is 0. The Kier molecular flexibility index (Phi) is 4.25. The summed E-state index contributed by atoms with van der Waals surface area (Å²) in [7, 11) is 3.20. The van der Waals surface area contributed by atoms with Crippen molar-refractivity contribution in [3.05, 3.63) is 48.5 Å². The Morgan fingerprint density at radius 3 is 1.70 bits per heavy atom. The summed E-state index contributed by atoms with van der Waals surface area (Å²) in [6.45, 7) is 1.53. The van der Waals surface area contributed by atoms with Crippen molar-refractivity contribution in [1.82, 2.24) is 0 Å². The highest BCUT2D eigenvalue weighted by atomic mass is 16.5. The minimum absolute atomic E-state index is 0.0773. The molecule has 0 unspecified atom stereocenters. The minimum Gasteiger partial charge on any atom is -0.497 e. The molecule has 2 aromatic carbocycles. The number of benzene rings is 2. The lowest BCUT2D eigenvalue weighted by atomic mass is 10.2. The number of anilines is 2. The second-order valence-corrected chi connectivity index (χ2v) is 4.26.